The van der Waals surface area contributed by atoms with Crippen molar-refractivity contribution in [2.75, 3.05) is 5.32 Å². The largest absolute Gasteiger partial charge is 0.451 e. The number of rotatable bonds is 6. The minimum atomic E-state index is -0.937. The normalized spacial score (nSPS) is 11.7. The SMILES string of the molecule is C[C@H](OC(=O)Cn1nnc(-c2ccsc2)n1)C(=O)Nc1ccccc1. The number of ether oxygens (including phenoxy) is 1. The summed E-state index contributed by atoms with van der Waals surface area (Å²) in [5, 5.41) is 18.3. The minimum absolute atomic E-state index is 0.222. The molecule has 1 atom stereocenters. The van der Waals surface area contributed by atoms with Crippen molar-refractivity contribution in [2.24, 2.45) is 0 Å². The molecule has 0 aliphatic rings. The van der Waals surface area contributed by atoms with Gasteiger partial charge >= 0.3 is 5.97 Å². The van der Waals surface area contributed by atoms with Gasteiger partial charge in [-0.1, -0.05) is 18.2 Å². The quantitative estimate of drug-likeness (QED) is 0.677. The lowest BCUT2D eigenvalue weighted by Crippen LogP contribution is -2.31. The molecular formula is C16H15N5O3S. The molecular weight excluding hydrogens is 342 g/mol. The third kappa shape index (κ3) is 4.48. The fourth-order valence-electron chi connectivity index (χ4n) is 1.99. The Labute approximate surface area is 147 Å². The molecule has 8 nitrogen and oxygen atoms in total. The van der Waals surface area contributed by atoms with E-state index in [0.717, 1.165) is 10.4 Å². The lowest BCUT2D eigenvalue weighted by Gasteiger charge is -2.13. The van der Waals surface area contributed by atoms with Gasteiger partial charge in [0.2, 0.25) is 5.82 Å². The van der Waals surface area contributed by atoms with Gasteiger partial charge in [-0.15, -0.1) is 10.2 Å². The summed E-state index contributed by atoms with van der Waals surface area (Å²) in [6.45, 7) is 1.28. The molecule has 0 unspecified atom stereocenters. The lowest BCUT2D eigenvalue weighted by molar-refractivity contribution is -0.154. The average Bonchev–Trinajstić information content (AvgIpc) is 3.26. The number of tetrazole rings is 1. The van der Waals surface area contributed by atoms with E-state index in [1.54, 1.807) is 24.3 Å². The van der Waals surface area contributed by atoms with Gasteiger partial charge in [0.05, 0.1) is 0 Å². The van der Waals surface area contributed by atoms with Crippen molar-refractivity contribution in [2.45, 2.75) is 19.6 Å². The second-order valence-corrected chi connectivity index (χ2v) is 5.92. The van der Waals surface area contributed by atoms with Crippen molar-refractivity contribution in [3.05, 3.63) is 47.2 Å². The first-order valence-corrected chi connectivity index (χ1v) is 8.42. The highest BCUT2D eigenvalue weighted by atomic mass is 32.1. The van der Waals surface area contributed by atoms with Crippen LogP contribution in [0, 0.1) is 0 Å². The van der Waals surface area contributed by atoms with E-state index >= 15 is 0 Å². The highest BCUT2D eigenvalue weighted by Crippen LogP contribution is 2.16. The molecule has 3 aromatic rings. The van der Waals surface area contributed by atoms with Crippen LogP contribution in [-0.2, 0) is 20.9 Å². The van der Waals surface area contributed by atoms with E-state index in [1.165, 1.54) is 18.3 Å². The van der Waals surface area contributed by atoms with Crippen molar-refractivity contribution in [3.8, 4) is 11.4 Å². The van der Waals surface area contributed by atoms with E-state index in [1.807, 2.05) is 22.9 Å². The van der Waals surface area contributed by atoms with Gasteiger partial charge in [-0.05, 0) is 35.7 Å². The van der Waals surface area contributed by atoms with Crippen LogP contribution in [0.2, 0.25) is 0 Å². The molecule has 0 aliphatic heterocycles. The van der Waals surface area contributed by atoms with Crippen LogP contribution in [0.1, 0.15) is 6.92 Å². The predicted octanol–water partition coefficient (Wildman–Crippen LogP) is 1.97. The molecule has 1 aromatic carbocycles. The van der Waals surface area contributed by atoms with Crippen LogP contribution in [0.4, 0.5) is 5.69 Å². The fourth-order valence-corrected chi connectivity index (χ4v) is 2.62. The summed E-state index contributed by atoms with van der Waals surface area (Å²) in [7, 11) is 0. The zero-order chi connectivity index (χ0) is 17.6. The summed E-state index contributed by atoms with van der Waals surface area (Å²) in [5.41, 5.74) is 1.47. The van der Waals surface area contributed by atoms with Crippen molar-refractivity contribution < 1.29 is 14.3 Å². The topological polar surface area (TPSA) is 99.0 Å². The molecule has 25 heavy (non-hydrogen) atoms. The van der Waals surface area contributed by atoms with Gasteiger partial charge in [0, 0.05) is 16.6 Å². The molecule has 3 rings (SSSR count). The number of benzene rings is 1. The lowest BCUT2D eigenvalue weighted by atomic mass is 10.3. The third-order valence-electron chi connectivity index (χ3n) is 3.22. The Hall–Kier alpha value is -3.07. The maximum Gasteiger partial charge on any atom is 0.330 e. The van der Waals surface area contributed by atoms with Gasteiger partial charge in [-0.2, -0.15) is 16.1 Å². The maximum absolute atomic E-state index is 12.0. The van der Waals surface area contributed by atoms with Crippen molar-refractivity contribution >= 4 is 28.9 Å². The second kappa shape index (κ2) is 7.67. The minimum Gasteiger partial charge on any atom is -0.451 e. The number of carbonyl (C=O) groups excluding carboxylic acids is 2. The summed E-state index contributed by atoms with van der Waals surface area (Å²) in [6, 6.07) is 10.8. The number of thiophene rings is 1. The van der Waals surface area contributed by atoms with E-state index < -0.39 is 18.0 Å². The van der Waals surface area contributed by atoms with Crippen LogP contribution in [0.5, 0.6) is 0 Å². The van der Waals surface area contributed by atoms with Crippen LogP contribution in [0.15, 0.2) is 47.2 Å². The van der Waals surface area contributed by atoms with Crippen LogP contribution < -0.4 is 5.32 Å². The Bertz CT molecular complexity index is 848. The van der Waals surface area contributed by atoms with Crippen molar-refractivity contribution in [1.29, 1.82) is 0 Å². The highest BCUT2D eigenvalue weighted by molar-refractivity contribution is 7.08. The van der Waals surface area contributed by atoms with E-state index in [2.05, 4.69) is 20.7 Å². The Kier molecular flexibility index (Phi) is 5.14. The summed E-state index contributed by atoms with van der Waals surface area (Å²) in [6.07, 6.45) is -0.937. The monoisotopic (exact) mass is 357 g/mol. The van der Waals surface area contributed by atoms with E-state index in [9.17, 15) is 9.59 Å². The summed E-state index contributed by atoms with van der Waals surface area (Å²) in [4.78, 5) is 25.1. The number of amides is 1. The fraction of sp³-hybridized carbons (Fsp3) is 0.188. The summed E-state index contributed by atoms with van der Waals surface area (Å²) >= 11 is 1.52. The molecule has 0 saturated heterocycles. The third-order valence-corrected chi connectivity index (χ3v) is 3.90. The van der Waals surface area contributed by atoms with Gasteiger partial charge < -0.3 is 10.1 Å². The number of para-hydroxylation sites is 1. The predicted molar refractivity (Wildman–Crippen MR) is 91.8 cm³/mol. The molecule has 0 spiro atoms. The zero-order valence-electron chi connectivity index (χ0n) is 13.3. The molecule has 2 heterocycles. The number of hydrogen-bond acceptors (Lipinski definition) is 7. The first-order valence-electron chi connectivity index (χ1n) is 7.47. The Morgan fingerprint density at radius 1 is 1.28 bits per heavy atom. The van der Waals surface area contributed by atoms with Gasteiger partial charge in [0.15, 0.2) is 12.6 Å². The van der Waals surface area contributed by atoms with Gasteiger partial charge in [0.1, 0.15) is 0 Å². The first kappa shape index (κ1) is 16.8. The Balaban J connectivity index is 1.52. The number of anilines is 1. The number of nitrogens with one attached hydrogen (secondary N) is 1. The molecule has 0 radical (unpaired) electrons. The molecule has 1 amide bonds. The van der Waals surface area contributed by atoms with Crippen LogP contribution in [0.3, 0.4) is 0 Å². The van der Waals surface area contributed by atoms with E-state index in [-0.39, 0.29) is 6.54 Å². The van der Waals surface area contributed by atoms with E-state index in [4.69, 9.17) is 4.74 Å². The maximum atomic E-state index is 12.0. The first-order chi connectivity index (χ1) is 12.1. The van der Waals surface area contributed by atoms with Gasteiger partial charge in [-0.25, -0.2) is 4.79 Å². The Morgan fingerprint density at radius 2 is 2.08 bits per heavy atom. The smallest absolute Gasteiger partial charge is 0.330 e. The van der Waals surface area contributed by atoms with E-state index in [0.29, 0.717) is 11.5 Å². The molecule has 0 bridgehead atoms. The number of carbonyl (C=O) groups is 2. The molecule has 2 aromatic heterocycles. The molecule has 0 saturated carbocycles. The van der Waals surface area contributed by atoms with Crippen LogP contribution in [0.25, 0.3) is 11.4 Å². The van der Waals surface area contributed by atoms with Crippen LogP contribution >= 0.6 is 11.3 Å². The number of nitrogens with zero attached hydrogens (tertiary/aromatic N) is 4. The number of esters is 1. The number of hydrogen-bond donors (Lipinski definition) is 1. The zero-order valence-corrected chi connectivity index (χ0v) is 14.1. The van der Waals surface area contributed by atoms with Gasteiger partial charge in [-0.3, -0.25) is 4.79 Å². The standard InChI is InChI=1S/C16H15N5O3S/c1-11(16(23)17-13-5-3-2-4-6-13)24-14(22)9-21-19-15(18-20-21)12-7-8-25-10-12/h2-8,10-11H,9H2,1H3,(H,17,23)/t11-/m0/s1. The van der Waals surface area contributed by atoms with Gasteiger partial charge in [0.25, 0.3) is 5.91 Å². The average molecular weight is 357 g/mol. The highest BCUT2D eigenvalue weighted by Gasteiger charge is 2.19. The second-order valence-electron chi connectivity index (χ2n) is 5.14. The summed E-state index contributed by atoms with van der Waals surface area (Å²) in [5.74, 6) is -0.598. The Morgan fingerprint density at radius 3 is 2.80 bits per heavy atom. The van der Waals surface area contributed by atoms with Crippen LogP contribution in [-0.4, -0.2) is 38.2 Å². The molecule has 9 heteroatoms. The molecule has 0 fully saturated rings. The molecule has 1 N–H and O–H groups in total. The molecule has 128 valence electrons. The molecule has 0 aliphatic carbocycles. The van der Waals surface area contributed by atoms with Crippen molar-refractivity contribution in [1.82, 2.24) is 20.2 Å². The number of aromatic nitrogens is 4. The summed E-state index contributed by atoms with van der Waals surface area (Å²) < 4.78 is 5.11. The van der Waals surface area contributed by atoms with Crippen molar-refractivity contribution in [3.63, 3.8) is 0 Å².